The molecule has 2 heterocycles. The first-order chi connectivity index (χ1) is 11.4. The molecule has 0 unspecified atom stereocenters. The van der Waals surface area contributed by atoms with Gasteiger partial charge in [-0.05, 0) is 54.8 Å². The van der Waals surface area contributed by atoms with Gasteiger partial charge in [0.15, 0.2) is 16.0 Å². The third-order valence-electron chi connectivity index (χ3n) is 4.35. The maximum atomic E-state index is 13.5. The number of hydrogen-bond acceptors (Lipinski definition) is 4. The average molecular weight is 405 g/mol. The van der Waals surface area contributed by atoms with Crippen molar-refractivity contribution >= 4 is 45.9 Å². The molecule has 0 amide bonds. The lowest BCUT2D eigenvalue weighted by molar-refractivity contribution is -0.487. The number of sulfone groups is 1. The molecule has 0 aliphatic carbocycles. The van der Waals surface area contributed by atoms with Gasteiger partial charge in [-0.2, -0.15) is 0 Å². The van der Waals surface area contributed by atoms with Crippen LogP contribution in [0.4, 0.5) is 0 Å². The highest BCUT2D eigenvalue weighted by atomic mass is 35.5. The molecule has 0 atom stereocenters. The van der Waals surface area contributed by atoms with E-state index in [2.05, 4.69) is 12.8 Å². The van der Waals surface area contributed by atoms with Gasteiger partial charge in [0.2, 0.25) is 0 Å². The van der Waals surface area contributed by atoms with Crippen LogP contribution >= 0.6 is 36.0 Å². The number of thiol groups is 1. The molecule has 2 aromatic rings. The Kier molecular flexibility index (Phi) is 5.14. The lowest BCUT2D eigenvalue weighted by Gasteiger charge is -2.36. The predicted molar refractivity (Wildman–Crippen MR) is 96.4 cm³/mol. The van der Waals surface area contributed by atoms with Crippen molar-refractivity contribution in [3.8, 4) is 0 Å². The van der Waals surface area contributed by atoms with E-state index in [1.54, 1.807) is 42.6 Å². The van der Waals surface area contributed by atoms with E-state index >= 15 is 0 Å². The maximum Gasteiger partial charge on any atom is 0.288 e. The van der Waals surface area contributed by atoms with Gasteiger partial charge in [-0.3, -0.25) is 0 Å². The van der Waals surface area contributed by atoms with Gasteiger partial charge in [0, 0.05) is 29.9 Å². The van der Waals surface area contributed by atoms with Crippen LogP contribution in [0.1, 0.15) is 18.4 Å². The molecule has 8 heteroatoms. The van der Waals surface area contributed by atoms with Crippen LogP contribution in [0.3, 0.4) is 0 Å². The Morgan fingerprint density at radius 1 is 1.04 bits per heavy atom. The van der Waals surface area contributed by atoms with Crippen molar-refractivity contribution < 1.29 is 17.1 Å². The maximum absolute atomic E-state index is 13.5. The quantitative estimate of drug-likeness (QED) is 0.484. The summed E-state index contributed by atoms with van der Waals surface area (Å²) in [5.74, 6) is 0. The van der Waals surface area contributed by atoms with Crippen molar-refractivity contribution in [2.24, 2.45) is 0 Å². The van der Waals surface area contributed by atoms with Gasteiger partial charge in [0.25, 0.3) is 5.15 Å². The van der Waals surface area contributed by atoms with Gasteiger partial charge in [0.1, 0.15) is 17.6 Å². The number of rotatable bonds is 3. The summed E-state index contributed by atoms with van der Waals surface area (Å²) in [7, 11) is -3.65. The highest BCUT2D eigenvalue weighted by Gasteiger charge is 2.48. The lowest BCUT2D eigenvalue weighted by atomic mass is 9.92. The fraction of sp³-hybridized carbons (Fsp3) is 0.312. The van der Waals surface area contributed by atoms with E-state index in [-0.39, 0.29) is 4.90 Å². The van der Waals surface area contributed by atoms with Gasteiger partial charge in [-0.15, -0.1) is 3.97 Å². The van der Waals surface area contributed by atoms with Crippen LogP contribution in [0.2, 0.25) is 10.2 Å². The van der Waals surface area contributed by atoms with E-state index in [4.69, 9.17) is 27.9 Å². The van der Waals surface area contributed by atoms with Gasteiger partial charge in [-0.25, -0.2) is 8.42 Å². The molecule has 1 saturated heterocycles. The first-order valence-corrected chi connectivity index (χ1v) is 10.00. The minimum Gasteiger partial charge on any atom is -0.381 e. The molecule has 4 nitrogen and oxygen atoms in total. The summed E-state index contributed by atoms with van der Waals surface area (Å²) in [5, 5.41) is 0.905. The molecule has 1 aliphatic rings. The van der Waals surface area contributed by atoms with E-state index in [9.17, 15) is 8.42 Å². The van der Waals surface area contributed by atoms with Crippen LogP contribution in [0.5, 0.6) is 0 Å². The summed E-state index contributed by atoms with van der Waals surface area (Å²) in [4.78, 5) is 0.245. The number of benzene rings is 1. The van der Waals surface area contributed by atoms with Crippen molar-refractivity contribution in [3.63, 3.8) is 0 Å². The Labute approximate surface area is 156 Å². The zero-order chi connectivity index (χ0) is 17.4. The minimum atomic E-state index is -3.65. The Morgan fingerprint density at radius 3 is 2.25 bits per heavy atom. The summed E-state index contributed by atoms with van der Waals surface area (Å²) in [6.45, 7) is 0.754. The number of halogens is 2. The number of pyridine rings is 1. The summed E-state index contributed by atoms with van der Waals surface area (Å²) in [5.41, 5.74) is 0.653. The van der Waals surface area contributed by atoms with E-state index in [0.717, 1.165) is 0 Å². The number of nitrogens with zero attached hydrogens (tertiary/aromatic N) is 1. The second-order valence-corrected chi connectivity index (χ2v) is 9.16. The van der Waals surface area contributed by atoms with Crippen LogP contribution in [-0.4, -0.2) is 21.6 Å². The van der Waals surface area contributed by atoms with Gasteiger partial charge in [-0.1, -0.05) is 11.6 Å². The lowest BCUT2D eigenvalue weighted by Crippen LogP contribution is -2.42. The monoisotopic (exact) mass is 404 g/mol. The van der Waals surface area contributed by atoms with E-state index in [1.165, 1.54) is 3.97 Å². The fourth-order valence-electron chi connectivity index (χ4n) is 2.99. The Balaban J connectivity index is 2.18. The van der Waals surface area contributed by atoms with Crippen molar-refractivity contribution in [3.05, 3.63) is 58.3 Å². The summed E-state index contributed by atoms with van der Waals surface area (Å²) < 4.78 is 32.7. The molecule has 24 heavy (non-hydrogen) atoms. The first-order valence-electron chi connectivity index (χ1n) is 7.36. The van der Waals surface area contributed by atoms with Crippen LogP contribution < -0.4 is 3.97 Å². The van der Waals surface area contributed by atoms with Gasteiger partial charge >= 0.3 is 0 Å². The van der Waals surface area contributed by atoms with Crippen molar-refractivity contribution in [2.75, 3.05) is 13.2 Å². The van der Waals surface area contributed by atoms with E-state index in [0.29, 0.717) is 41.8 Å². The Bertz CT molecular complexity index is 848. The smallest absolute Gasteiger partial charge is 0.288 e. The van der Waals surface area contributed by atoms with Gasteiger partial charge in [0.05, 0.1) is 4.90 Å². The highest BCUT2D eigenvalue weighted by Crippen LogP contribution is 2.43. The highest BCUT2D eigenvalue weighted by molar-refractivity contribution is 7.92. The molecule has 0 bridgehead atoms. The van der Waals surface area contributed by atoms with Gasteiger partial charge < -0.3 is 4.74 Å². The number of aromatic nitrogens is 1. The third-order valence-corrected chi connectivity index (χ3v) is 7.92. The standard InChI is InChI=1S/C16H16Cl2NO3S2/c17-13-2-4-14(5-3-13)24(20,21)16(7-9-22-10-8-16)12-1-6-15(18)19(23)11-12/h1-6,11,23H,7-10H2/q+1. The first kappa shape index (κ1) is 18.0. The number of ether oxygens (including phenoxy) is 1. The molecule has 3 rings (SSSR count). The Morgan fingerprint density at radius 2 is 1.67 bits per heavy atom. The third kappa shape index (κ3) is 3.06. The fourth-order valence-corrected chi connectivity index (χ4v) is 5.50. The normalized spacial score (nSPS) is 17.6. The second kappa shape index (κ2) is 6.84. The van der Waals surface area contributed by atoms with E-state index < -0.39 is 14.6 Å². The summed E-state index contributed by atoms with van der Waals surface area (Å²) in [6.07, 6.45) is 2.39. The molecule has 0 N–H and O–H groups in total. The molecular weight excluding hydrogens is 389 g/mol. The SMILES string of the molecule is O=S(=O)(c1ccc(Cl)cc1)C1(c2ccc(Cl)[n+](S)c2)CCOCC1. The molecule has 1 aromatic heterocycles. The molecule has 1 aliphatic heterocycles. The summed E-state index contributed by atoms with van der Waals surface area (Å²) >= 11 is 16.2. The largest absolute Gasteiger partial charge is 0.381 e. The summed E-state index contributed by atoms with van der Waals surface area (Å²) in [6, 6.07) is 9.65. The predicted octanol–water partition coefficient (Wildman–Crippen LogP) is 3.45. The van der Waals surface area contributed by atoms with Crippen LogP contribution in [0.15, 0.2) is 47.5 Å². The van der Waals surface area contributed by atoms with Crippen molar-refractivity contribution in [2.45, 2.75) is 22.5 Å². The number of hydrogen-bond donors (Lipinski definition) is 1. The molecule has 0 radical (unpaired) electrons. The molecule has 1 fully saturated rings. The zero-order valence-electron chi connectivity index (χ0n) is 12.7. The van der Waals surface area contributed by atoms with Crippen LogP contribution in [0, 0.1) is 0 Å². The zero-order valence-corrected chi connectivity index (χ0v) is 15.9. The second-order valence-electron chi connectivity index (χ2n) is 5.65. The van der Waals surface area contributed by atoms with Crippen LogP contribution in [-0.2, 0) is 19.3 Å². The Hall–Kier alpha value is -0.790. The van der Waals surface area contributed by atoms with E-state index in [1.807, 2.05) is 0 Å². The molecule has 0 spiro atoms. The minimum absolute atomic E-state index is 0.245. The van der Waals surface area contributed by atoms with Crippen molar-refractivity contribution in [1.82, 2.24) is 0 Å². The van der Waals surface area contributed by atoms with Crippen LogP contribution in [0.25, 0.3) is 0 Å². The molecule has 1 aromatic carbocycles. The molecule has 128 valence electrons. The molecular formula is C16H16Cl2NO3S2+. The van der Waals surface area contributed by atoms with Crippen molar-refractivity contribution in [1.29, 1.82) is 0 Å². The molecule has 0 saturated carbocycles. The average Bonchev–Trinajstić information content (AvgIpc) is 2.58. The topological polar surface area (TPSA) is 47.2 Å².